The maximum absolute atomic E-state index is 13.3. The van der Waals surface area contributed by atoms with Crippen molar-refractivity contribution in [2.75, 3.05) is 29.9 Å². The normalized spacial score (nSPS) is 25.4. The number of hydrogen-bond acceptors (Lipinski definition) is 7. The molecule has 1 spiro atoms. The topological polar surface area (TPSA) is 96.2 Å². The van der Waals surface area contributed by atoms with Crippen LogP contribution in [0.15, 0.2) is 23.2 Å². The minimum Gasteiger partial charge on any atom is -0.363 e. The van der Waals surface area contributed by atoms with Crippen molar-refractivity contribution in [3.8, 4) is 0 Å². The van der Waals surface area contributed by atoms with Crippen LogP contribution in [-0.4, -0.2) is 40.7 Å². The van der Waals surface area contributed by atoms with E-state index in [4.69, 9.17) is 9.51 Å². The van der Waals surface area contributed by atoms with Gasteiger partial charge in [-0.25, -0.2) is 9.97 Å². The highest BCUT2D eigenvalue weighted by Gasteiger charge is 2.51. The molecule has 1 aliphatic carbocycles. The standard InChI is InChI=1S/C17H20N6O2/c24-15-17(3-4-18-10-17)14-12(8-23(15)13-7-21-25-9-13)6-20-16(22-14)19-5-11-1-2-11/h6-7,9,11,18H,1-5,8,10H2,(H,19,20,22). The van der Waals surface area contributed by atoms with Crippen LogP contribution in [0.3, 0.4) is 0 Å². The number of aromatic nitrogens is 3. The van der Waals surface area contributed by atoms with Crippen LogP contribution in [0.5, 0.6) is 0 Å². The van der Waals surface area contributed by atoms with Crippen molar-refractivity contribution >= 4 is 17.5 Å². The van der Waals surface area contributed by atoms with Crippen molar-refractivity contribution in [3.63, 3.8) is 0 Å². The Morgan fingerprint density at radius 1 is 1.40 bits per heavy atom. The number of nitrogens with one attached hydrogen (secondary N) is 2. The first-order valence-electron chi connectivity index (χ1n) is 8.79. The molecule has 130 valence electrons. The van der Waals surface area contributed by atoms with Crippen LogP contribution in [0, 0.1) is 5.92 Å². The lowest BCUT2D eigenvalue weighted by molar-refractivity contribution is -0.124. The van der Waals surface area contributed by atoms with Crippen molar-refractivity contribution in [2.45, 2.75) is 31.2 Å². The monoisotopic (exact) mass is 340 g/mol. The molecule has 8 heteroatoms. The third-order valence-electron chi connectivity index (χ3n) is 5.43. The van der Waals surface area contributed by atoms with Gasteiger partial charge in [0.15, 0.2) is 0 Å². The lowest BCUT2D eigenvalue weighted by Crippen LogP contribution is -2.53. The number of carbonyl (C=O) groups is 1. The van der Waals surface area contributed by atoms with E-state index in [1.165, 1.54) is 19.1 Å². The van der Waals surface area contributed by atoms with Crippen LogP contribution in [0.25, 0.3) is 0 Å². The van der Waals surface area contributed by atoms with Gasteiger partial charge in [-0.3, -0.25) is 4.79 Å². The zero-order valence-corrected chi connectivity index (χ0v) is 13.9. The fraction of sp³-hybridized carbons (Fsp3) is 0.529. The molecule has 2 aromatic heterocycles. The highest BCUT2D eigenvalue weighted by Crippen LogP contribution is 2.40. The van der Waals surface area contributed by atoms with E-state index in [1.807, 2.05) is 6.20 Å². The molecule has 0 bridgehead atoms. The van der Waals surface area contributed by atoms with Crippen LogP contribution in [0.2, 0.25) is 0 Å². The minimum atomic E-state index is -0.635. The summed E-state index contributed by atoms with van der Waals surface area (Å²) >= 11 is 0. The second-order valence-corrected chi connectivity index (χ2v) is 7.17. The summed E-state index contributed by atoms with van der Waals surface area (Å²) in [6.07, 6.45) is 8.22. The molecule has 1 amide bonds. The second-order valence-electron chi connectivity index (χ2n) is 7.17. The molecule has 2 N–H and O–H groups in total. The highest BCUT2D eigenvalue weighted by atomic mass is 16.5. The largest absolute Gasteiger partial charge is 0.363 e. The van der Waals surface area contributed by atoms with Crippen molar-refractivity contribution in [2.24, 2.45) is 5.92 Å². The molecule has 5 rings (SSSR count). The maximum atomic E-state index is 13.3. The number of amides is 1. The molecular weight excluding hydrogens is 320 g/mol. The maximum Gasteiger partial charge on any atom is 0.241 e. The first-order chi connectivity index (χ1) is 12.3. The molecule has 1 saturated carbocycles. The number of rotatable bonds is 4. The fourth-order valence-corrected chi connectivity index (χ4v) is 3.80. The number of carbonyl (C=O) groups excluding carboxylic acids is 1. The van der Waals surface area contributed by atoms with E-state index >= 15 is 0 Å². The molecule has 0 aromatic carbocycles. The number of anilines is 2. The molecular formula is C17H20N6O2. The lowest BCUT2D eigenvalue weighted by Gasteiger charge is -2.38. The fourth-order valence-electron chi connectivity index (χ4n) is 3.80. The molecule has 1 atom stereocenters. The molecule has 4 heterocycles. The Morgan fingerprint density at radius 3 is 3.04 bits per heavy atom. The van der Waals surface area contributed by atoms with Gasteiger partial charge < -0.3 is 20.1 Å². The Kier molecular flexibility index (Phi) is 3.27. The first-order valence-corrected chi connectivity index (χ1v) is 8.79. The first kappa shape index (κ1) is 14.8. The number of nitrogens with zero attached hydrogens (tertiary/aromatic N) is 4. The van der Waals surface area contributed by atoms with E-state index in [1.54, 1.807) is 11.1 Å². The van der Waals surface area contributed by atoms with Crippen LogP contribution < -0.4 is 15.5 Å². The van der Waals surface area contributed by atoms with Crippen LogP contribution >= 0.6 is 0 Å². The third-order valence-corrected chi connectivity index (χ3v) is 5.43. The summed E-state index contributed by atoms with van der Waals surface area (Å²) in [7, 11) is 0. The summed E-state index contributed by atoms with van der Waals surface area (Å²) in [4.78, 5) is 24.3. The molecule has 1 saturated heterocycles. The van der Waals surface area contributed by atoms with Gasteiger partial charge in [0.05, 0.1) is 18.4 Å². The van der Waals surface area contributed by atoms with Gasteiger partial charge in [0.2, 0.25) is 11.9 Å². The third kappa shape index (κ3) is 2.39. The summed E-state index contributed by atoms with van der Waals surface area (Å²) in [6.45, 7) is 2.75. The molecule has 25 heavy (non-hydrogen) atoms. The van der Waals surface area contributed by atoms with Gasteiger partial charge in [-0.05, 0) is 31.7 Å². The molecule has 2 fully saturated rings. The van der Waals surface area contributed by atoms with Gasteiger partial charge in [0.1, 0.15) is 17.4 Å². The molecule has 3 aliphatic rings. The second kappa shape index (κ2) is 5.52. The van der Waals surface area contributed by atoms with E-state index in [0.29, 0.717) is 24.7 Å². The van der Waals surface area contributed by atoms with Gasteiger partial charge >= 0.3 is 0 Å². The van der Waals surface area contributed by atoms with E-state index < -0.39 is 5.41 Å². The van der Waals surface area contributed by atoms with Crippen molar-refractivity contribution < 1.29 is 9.32 Å². The average Bonchev–Trinajstić information content (AvgIpc) is 3.11. The van der Waals surface area contributed by atoms with Crippen LogP contribution in [-0.2, 0) is 16.8 Å². The zero-order chi connectivity index (χ0) is 16.9. The molecule has 2 aromatic rings. The average molecular weight is 340 g/mol. The summed E-state index contributed by atoms with van der Waals surface area (Å²) in [6, 6.07) is 0. The molecule has 0 radical (unpaired) electrons. The van der Waals surface area contributed by atoms with Gasteiger partial charge in [-0.2, -0.15) is 0 Å². The molecule has 8 nitrogen and oxygen atoms in total. The molecule has 1 unspecified atom stereocenters. The quantitative estimate of drug-likeness (QED) is 0.859. The van der Waals surface area contributed by atoms with Crippen molar-refractivity contribution in [1.29, 1.82) is 0 Å². The number of fused-ring (bicyclic) bond motifs is 2. The van der Waals surface area contributed by atoms with E-state index in [0.717, 1.165) is 36.7 Å². The predicted octanol–water partition coefficient (Wildman–Crippen LogP) is 1.06. The Labute approximate surface area is 145 Å². The Bertz CT molecular complexity index is 795. The smallest absolute Gasteiger partial charge is 0.241 e. The van der Waals surface area contributed by atoms with E-state index in [-0.39, 0.29) is 5.91 Å². The van der Waals surface area contributed by atoms with E-state index in [2.05, 4.69) is 20.8 Å². The Hall–Kier alpha value is -2.48. The summed E-state index contributed by atoms with van der Waals surface area (Å²) in [5, 5.41) is 10.4. The zero-order valence-electron chi connectivity index (χ0n) is 13.9. The van der Waals surface area contributed by atoms with Crippen molar-refractivity contribution in [1.82, 2.24) is 20.4 Å². The summed E-state index contributed by atoms with van der Waals surface area (Å²) in [5.41, 5.74) is 1.90. The number of hydrogen-bond donors (Lipinski definition) is 2. The van der Waals surface area contributed by atoms with Gasteiger partial charge in [0.25, 0.3) is 0 Å². The van der Waals surface area contributed by atoms with Gasteiger partial charge in [0, 0.05) is 24.8 Å². The van der Waals surface area contributed by atoms with Gasteiger partial charge in [-0.1, -0.05) is 5.16 Å². The summed E-state index contributed by atoms with van der Waals surface area (Å²) < 4.78 is 4.93. The predicted molar refractivity (Wildman–Crippen MR) is 90.1 cm³/mol. The highest BCUT2D eigenvalue weighted by molar-refractivity contribution is 6.03. The van der Waals surface area contributed by atoms with Crippen molar-refractivity contribution in [3.05, 3.63) is 29.9 Å². The SMILES string of the molecule is O=C1N(c2cnoc2)Cc2cnc(NCC3CC3)nc2C12CCNC2. The molecule has 2 aliphatic heterocycles. The Balaban J connectivity index is 1.54. The van der Waals surface area contributed by atoms with Crippen LogP contribution in [0.1, 0.15) is 30.5 Å². The summed E-state index contributed by atoms with van der Waals surface area (Å²) in [5.74, 6) is 1.43. The Morgan fingerprint density at radius 2 is 2.32 bits per heavy atom. The lowest BCUT2D eigenvalue weighted by atomic mass is 9.77. The minimum absolute atomic E-state index is 0.0556. The van der Waals surface area contributed by atoms with E-state index in [9.17, 15) is 4.79 Å². The van der Waals surface area contributed by atoms with Gasteiger partial charge in [-0.15, -0.1) is 0 Å². The van der Waals surface area contributed by atoms with Crippen LogP contribution in [0.4, 0.5) is 11.6 Å².